The highest BCUT2D eigenvalue weighted by Crippen LogP contribution is 2.27. The summed E-state index contributed by atoms with van der Waals surface area (Å²) in [6.45, 7) is 10.00. The Bertz CT molecular complexity index is 472. The number of rotatable bonds is 4. The van der Waals surface area contributed by atoms with Crippen LogP contribution in [-0.2, 0) is 6.54 Å². The molecule has 1 saturated heterocycles. The van der Waals surface area contributed by atoms with Crippen molar-refractivity contribution in [3.8, 4) is 0 Å². The molecule has 0 aromatic heterocycles. The van der Waals surface area contributed by atoms with Gasteiger partial charge >= 0.3 is 0 Å². The van der Waals surface area contributed by atoms with Crippen molar-refractivity contribution in [3.05, 3.63) is 33.8 Å². The van der Waals surface area contributed by atoms with Gasteiger partial charge in [0.1, 0.15) is 0 Å². The maximum absolute atomic E-state index is 6.15. The van der Waals surface area contributed by atoms with Crippen LogP contribution in [0, 0.1) is 0 Å². The molecule has 0 amide bonds. The van der Waals surface area contributed by atoms with Crippen molar-refractivity contribution in [1.82, 2.24) is 10.2 Å². The summed E-state index contributed by atoms with van der Waals surface area (Å²) in [6, 6.07) is 6.55. The van der Waals surface area contributed by atoms with Gasteiger partial charge < -0.3 is 5.32 Å². The van der Waals surface area contributed by atoms with E-state index in [-0.39, 0.29) is 5.54 Å². The van der Waals surface area contributed by atoms with Crippen LogP contribution in [0.5, 0.6) is 0 Å². The molecule has 0 saturated carbocycles. The van der Waals surface area contributed by atoms with Crippen molar-refractivity contribution in [2.45, 2.75) is 58.2 Å². The molecule has 0 spiro atoms. The fourth-order valence-corrected chi connectivity index (χ4v) is 3.46. The van der Waals surface area contributed by atoms with E-state index in [1.54, 1.807) is 0 Å². The predicted molar refractivity (Wildman–Crippen MR) is 92.3 cm³/mol. The summed E-state index contributed by atoms with van der Waals surface area (Å²) in [6.07, 6.45) is 3.51. The lowest BCUT2D eigenvalue weighted by Gasteiger charge is -2.37. The van der Waals surface area contributed by atoms with Gasteiger partial charge in [0.25, 0.3) is 0 Å². The van der Waals surface area contributed by atoms with Crippen LogP contribution in [0.15, 0.2) is 18.2 Å². The normalized spacial score (nSPS) is 23.0. The minimum atomic E-state index is 0.237. The van der Waals surface area contributed by atoms with Gasteiger partial charge in [0, 0.05) is 24.7 Å². The van der Waals surface area contributed by atoms with Crippen molar-refractivity contribution in [1.29, 1.82) is 0 Å². The van der Waals surface area contributed by atoms with Gasteiger partial charge in [0.2, 0.25) is 0 Å². The lowest BCUT2D eigenvalue weighted by Crippen LogP contribution is -2.51. The van der Waals surface area contributed by atoms with Gasteiger partial charge in [0.15, 0.2) is 0 Å². The second-order valence-electron chi connectivity index (χ2n) is 6.21. The fourth-order valence-electron chi connectivity index (χ4n) is 3.14. The lowest BCUT2D eigenvalue weighted by atomic mass is 9.92. The summed E-state index contributed by atoms with van der Waals surface area (Å²) in [4.78, 5) is 2.58. The molecular weight excluding hydrogens is 303 g/mol. The van der Waals surface area contributed by atoms with E-state index in [4.69, 9.17) is 23.2 Å². The van der Waals surface area contributed by atoms with E-state index in [1.807, 2.05) is 12.1 Å². The topological polar surface area (TPSA) is 15.3 Å². The molecule has 1 fully saturated rings. The van der Waals surface area contributed by atoms with E-state index in [1.165, 1.54) is 12.0 Å². The molecule has 0 bridgehead atoms. The van der Waals surface area contributed by atoms with Crippen LogP contribution < -0.4 is 5.32 Å². The molecule has 1 aliphatic heterocycles. The Morgan fingerprint density at radius 3 is 2.57 bits per heavy atom. The van der Waals surface area contributed by atoms with Crippen molar-refractivity contribution in [2.24, 2.45) is 0 Å². The molecule has 2 rings (SSSR count). The second-order valence-corrected chi connectivity index (χ2v) is 7.02. The maximum atomic E-state index is 6.15. The van der Waals surface area contributed by atoms with E-state index in [9.17, 15) is 0 Å². The fraction of sp³-hybridized carbons (Fsp3) is 0.647. The van der Waals surface area contributed by atoms with Gasteiger partial charge in [-0.15, -0.1) is 0 Å². The van der Waals surface area contributed by atoms with Crippen LogP contribution in [0.25, 0.3) is 0 Å². The van der Waals surface area contributed by atoms with Gasteiger partial charge in [-0.3, -0.25) is 4.90 Å². The average molecular weight is 329 g/mol. The molecule has 1 heterocycles. The van der Waals surface area contributed by atoms with E-state index in [0.717, 1.165) is 32.5 Å². The first kappa shape index (κ1) is 17.1. The Hall–Kier alpha value is -0.280. The molecule has 118 valence electrons. The molecule has 1 unspecified atom stereocenters. The zero-order valence-corrected chi connectivity index (χ0v) is 14.8. The van der Waals surface area contributed by atoms with Crippen molar-refractivity contribution in [3.63, 3.8) is 0 Å². The SMILES string of the molecule is CCC1(CC)CN(Cc2ccc(Cl)c(Cl)c2)C(C)CCN1. The smallest absolute Gasteiger partial charge is 0.0595 e. The van der Waals surface area contributed by atoms with Crippen LogP contribution in [0.1, 0.15) is 45.6 Å². The summed E-state index contributed by atoms with van der Waals surface area (Å²) in [7, 11) is 0. The maximum Gasteiger partial charge on any atom is 0.0595 e. The highest BCUT2D eigenvalue weighted by Gasteiger charge is 2.32. The molecule has 21 heavy (non-hydrogen) atoms. The summed E-state index contributed by atoms with van der Waals surface area (Å²) < 4.78 is 0. The zero-order chi connectivity index (χ0) is 15.5. The number of hydrogen-bond acceptors (Lipinski definition) is 2. The number of nitrogens with zero attached hydrogens (tertiary/aromatic N) is 1. The standard InChI is InChI=1S/C17H26Cl2N2/c1-4-17(5-2)12-21(13(3)8-9-20-17)11-14-6-7-15(18)16(19)10-14/h6-7,10,13,20H,4-5,8-9,11-12H2,1-3H3. The largest absolute Gasteiger partial charge is 0.310 e. The van der Waals surface area contributed by atoms with Gasteiger partial charge in [-0.25, -0.2) is 0 Å². The Labute approximate surface area is 138 Å². The number of halogens is 2. The van der Waals surface area contributed by atoms with Gasteiger partial charge in [0.05, 0.1) is 10.0 Å². The molecule has 1 atom stereocenters. The van der Waals surface area contributed by atoms with E-state index < -0.39 is 0 Å². The molecule has 1 aromatic carbocycles. The molecule has 0 aliphatic carbocycles. The van der Waals surface area contributed by atoms with Gasteiger partial charge in [-0.1, -0.05) is 43.1 Å². The van der Waals surface area contributed by atoms with Gasteiger partial charge in [-0.2, -0.15) is 0 Å². The van der Waals surface area contributed by atoms with Crippen molar-refractivity contribution >= 4 is 23.2 Å². The minimum Gasteiger partial charge on any atom is -0.310 e. The second kappa shape index (κ2) is 7.32. The highest BCUT2D eigenvalue weighted by atomic mass is 35.5. The molecule has 1 aliphatic rings. The summed E-state index contributed by atoms with van der Waals surface area (Å²) in [5.74, 6) is 0. The summed E-state index contributed by atoms with van der Waals surface area (Å²) in [5.41, 5.74) is 1.47. The monoisotopic (exact) mass is 328 g/mol. The van der Waals surface area contributed by atoms with E-state index >= 15 is 0 Å². The first-order chi connectivity index (χ1) is 9.99. The third-order valence-corrected chi connectivity index (χ3v) is 5.65. The molecule has 1 aromatic rings. The van der Waals surface area contributed by atoms with Crippen LogP contribution in [0.2, 0.25) is 10.0 Å². The molecule has 2 nitrogen and oxygen atoms in total. The number of nitrogens with one attached hydrogen (secondary N) is 1. The van der Waals surface area contributed by atoms with E-state index in [2.05, 4.69) is 37.1 Å². The highest BCUT2D eigenvalue weighted by molar-refractivity contribution is 6.42. The third kappa shape index (κ3) is 4.13. The van der Waals surface area contributed by atoms with Crippen molar-refractivity contribution < 1.29 is 0 Å². The number of hydrogen-bond donors (Lipinski definition) is 1. The van der Waals surface area contributed by atoms with Crippen LogP contribution >= 0.6 is 23.2 Å². The Morgan fingerprint density at radius 1 is 1.24 bits per heavy atom. The summed E-state index contributed by atoms with van der Waals surface area (Å²) >= 11 is 12.2. The first-order valence-electron chi connectivity index (χ1n) is 7.92. The molecule has 0 radical (unpaired) electrons. The Balaban J connectivity index is 2.16. The van der Waals surface area contributed by atoms with Crippen LogP contribution in [0.4, 0.5) is 0 Å². The zero-order valence-electron chi connectivity index (χ0n) is 13.3. The molecule has 1 N–H and O–H groups in total. The average Bonchev–Trinajstić information content (AvgIpc) is 2.63. The Kier molecular flexibility index (Phi) is 5.96. The van der Waals surface area contributed by atoms with Gasteiger partial charge in [-0.05, 0) is 50.4 Å². The first-order valence-corrected chi connectivity index (χ1v) is 8.68. The number of benzene rings is 1. The third-order valence-electron chi connectivity index (χ3n) is 4.91. The molecular formula is C17H26Cl2N2. The lowest BCUT2D eigenvalue weighted by molar-refractivity contribution is 0.152. The molecule has 4 heteroatoms. The van der Waals surface area contributed by atoms with Crippen molar-refractivity contribution in [2.75, 3.05) is 13.1 Å². The van der Waals surface area contributed by atoms with E-state index in [0.29, 0.717) is 16.1 Å². The predicted octanol–water partition coefficient (Wildman–Crippen LogP) is 4.74. The van der Waals surface area contributed by atoms with Crippen LogP contribution in [0.3, 0.4) is 0 Å². The quantitative estimate of drug-likeness (QED) is 0.859. The summed E-state index contributed by atoms with van der Waals surface area (Å²) in [5, 5.41) is 5.04. The minimum absolute atomic E-state index is 0.237. The Morgan fingerprint density at radius 2 is 1.95 bits per heavy atom. The van der Waals surface area contributed by atoms with Crippen LogP contribution in [-0.4, -0.2) is 29.6 Å².